The molecule has 0 radical (unpaired) electrons. The maximum atomic E-state index is 9.78. The zero-order valence-corrected chi connectivity index (χ0v) is 30.3. The van der Waals surface area contributed by atoms with E-state index in [0.29, 0.717) is 54.5 Å². The minimum atomic E-state index is -0.284. The molecule has 0 aliphatic carbocycles. The van der Waals surface area contributed by atoms with Crippen LogP contribution in [0.2, 0.25) is 0 Å². The number of aromatic nitrogens is 3. The molecule has 0 atom stereocenters. The Morgan fingerprint density at radius 1 is 0.429 bits per heavy atom. The topological polar surface area (TPSA) is 51.8 Å². The lowest BCUT2D eigenvalue weighted by Crippen LogP contribution is -2.00. The zero-order chi connectivity index (χ0) is 42.0. The minimum absolute atomic E-state index is 0.0495. The van der Waals surface area contributed by atoms with Crippen LogP contribution in [0.4, 0.5) is 0 Å². The van der Waals surface area contributed by atoms with Crippen LogP contribution in [0.15, 0.2) is 180 Å². The molecule has 0 N–H and O–H groups in total. The van der Waals surface area contributed by atoms with E-state index in [9.17, 15) is 6.85 Å². The van der Waals surface area contributed by atoms with E-state index in [1.165, 1.54) is 11.3 Å². The molecule has 0 amide bonds. The maximum absolute atomic E-state index is 9.78. The summed E-state index contributed by atoms with van der Waals surface area (Å²) in [5.74, 6) is 0.712. The van der Waals surface area contributed by atoms with Gasteiger partial charge in [-0.3, -0.25) is 0 Å². The van der Waals surface area contributed by atoms with E-state index in [0.717, 1.165) is 43.1 Å². The number of rotatable bonds is 4. The summed E-state index contributed by atoms with van der Waals surface area (Å²) in [7, 11) is 0. The van der Waals surface area contributed by atoms with Crippen molar-refractivity contribution in [2.75, 3.05) is 0 Å². The number of nitrogens with zero attached hydrogens (tertiary/aromatic N) is 3. The molecule has 3 heterocycles. The molecule has 0 aliphatic rings. The van der Waals surface area contributed by atoms with Crippen LogP contribution in [-0.4, -0.2) is 15.0 Å². The largest absolute Gasteiger partial charge is 0.456 e. The first kappa shape index (κ1) is 25.7. The molecule has 12 rings (SSSR count). The fourth-order valence-corrected chi connectivity index (χ4v) is 9.22. The summed E-state index contributed by atoms with van der Waals surface area (Å²) in [6.07, 6.45) is 0. The summed E-state index contributed by atoms with van der Waals surface area (Å²) in [4.78, 5) is 14.8. The summed E-state index contributed by atoms with van der Waals surface area (Å²) >= 11 is 1.20. The molecular formula is C51H29N3OS. The smallest absolute Gasteiger partial charge is 0.164 e. The highest BCUT2D eigenvalue weighted by atomic mass is 32.1. The summed E-state index contributed by atoms with van der Waals surface area (Å²) in [6, 6.07) is 44.3. The predicted molar refractivity (Wildman–Crippen MR) is 234 cm³/mol. The molecule has 260 valence electrons. The van der Waals surface area contributed by atoms with E-state index in [4.69, 9.17) is 20.7 Å². The Morgan fingerprint density at radius 3 is 1.86 bits per heavy atom. The monoisotopic (exact) mass is 737 g/mol. The van der Waals surface area contributed by atoms with Crippen LogP contribution in [0.5, 0.6) is 0 Å². The van der Waals surface area contributed by atoms with Crippen molar-refractivity contribution in [2.24, 2.45) is 0 Å². The quantitative estimate of drug-likeness (QED) is 0.169. The van der Waals surface area contributed by atoms with Gasteiger partial charge in [-0.1, -0.05) is 152 Å². The lowest BCUT2D eigenvalue weighted by molar-refractivity contribution is 0.669. The summed E-state index contributed by atoms with van der Waals surface area (Å²) < 4.78 is 63.4. The van der Waals surface area contributed by atoms with Crippen LogP contribution in [0.3, 0.4) is 0 Å². The Hall–Kier alpha value is -7.21. The molecule has 5 heteroatoms. The third-order valence-electron chi connectivity index (χ3n) is 10.6. The molecule has 0 saturated carbocycles. The Balaban J connectivity index is 1.13. The molecule has 0 fully saturated rings. The minimum Gasteiger partial charge on any atom is -0.456 e. The van der Waals surface area contributed by atoms with Crippen molar-refractivity contribution >= 4 is 85.8 Å². The van der Waals surface area contributed by atoms with Crippen molar-refractivity contribution in [3.8, 4) is 45.3 Å². The number of hydrogen-bond donors (Lipinski definition) is 0. The van der Waals surface area contributed by atoms with Gasteiger partial charge in [0, 0.05) is 47.6 Å². The molecule has 3 aromatic heterocycles. The first-order chi connectivity index (χ1) is 30.3. The standard InChI is InChI=1S/C51H29N3OS/c1-2-12-30(13-3-1)49-52-50(54-51(53-49)42-21-11-23-45-47(42)41-18-8-9-22-44(41)55-45)32-25-27-39-40-20-10-19-33(48(40)56-46(39)29-32)31-24-26-38-36-16-5-4-14-34(36)35-15-6-7-17-37(35)43(38)28-31/h1-29H/i10D,19D,20D,25D,27D,29D. The molecular weight excluding hydrogens is 703 g/mol. The molecule has 9 aromatic carbocycles. The lowest BCUT2D eigenvalue weighted by atomic mass is 9.92. The summed E-state index contributed by atoms with van der Waals surface area (Å²) in [6.45, 7) is 0. The van der Waals surface area contributed by atoms with Gasteiger partial charge in [0.1, 0.15) is 11.2 Å². The SMILES string of the molecule is [2H]c1c([2H])c([2H])c2c(sc3c([2H])c(-c4nc(-c5ccccc5)nc(-c5cccc6oc7ccccc7c56)n4)c([2H])c([2H])c32)c1-c1ccc2c3ccccc3c3ccccc3c2c1. The molecule has 0 saturated heterocycles. The van der Waals surface area contributed by atoms with Gasteiger partial charge in [0.2, 0.25) is 0 Å². The van der Waals surface area contributed by atoms with Crippen molar-refractivity contribution in [1.29, 1.82) is 0 Å². The highest BCUT2D eigenvalue weighted by Crippen LogP contribution is 2.44. The number of para-hydroxylation sites is 1. The van der Waals surface area contributed by atoms with E-state index in [1.54, 1.807) is 0 Å². The Bertz CT molecular complexity index is 3870. The molecule has 0 aliphatic heterocycles. The fraction of sp³-hybridized carbons (Fsp3) is 0. The van der Waals surface area contributed by atoms with Crippen molar-refractivity contribution in [2.45, 2.75) is 0 Å². The summed E-state index contributed by atoms with van der Waals surface area (Å²) in [5.41, 5.74) is 3.95. The second kappa shape index (κ2) is 12.2. The number of furan rings is 1. The van der Waals surface area contributed by atoms with Crippen LogP contribution in [0, 0.1) is 0 Å². The summed E-state index contributed by atoms with van der Waals surface area (Å²) in [5, 5.41) is 8.67. The lowest BCUT2D eigenvalue weighted by Gasteiger charge is -2.12. The number of hydrogen-bond acceptors (Lipinski definition) is 5. The van der Waals surface area contributed by atoms with Crippen molar-refractivity contribution in [3.05, 3.63) is 176 Å². The van der Waals surface area contributed by atoms with Crippen LogP contribution >= 0.6 is 11.3 Å². The van der Waals surface area contributed by atoms with Gasteiger partial charge in [-0.15, -0.1) is 11.3 Å². The van der Waals surface area contributed by atoms with Gasteiger partial charge in [-0.25, -0.2) is 15.0 Å². The van der Waals surface area contributed by atoms with Gasteiger partial charge < -0.3 is 4.42 Å². The average Bonchev–Trinajstić information content (AvgIpc) is 3.90. The van der Waals surface area contributed by atoms with Crippen LogP contribution in [0.1, 0.15) is 8.22 Å². The molecule has 4 nitrogen and oxygen atoms in total. The first-order valence-electron chi connectivity index (χ1n) is 21.3. The highest BCUT2D eigenvalue weighted by molar-refractivity contribution is 7.26. The number of benzene rings is 9. The number of fused-ring (bicyclic) bond motifs is 12. The van der Waals surface area contributed by atoms with E-state index < -0.39 is 0 Å². The van der Waals surface area contributed by atoms with Crippen molar-refractivity contribution in [3.63, 3.8) is 0 Å². The molecule has 0 spiro atoms. The Morgan fingerprint density at radius 2 is 1.07 bits per heavy atom. The molecule has 0 bridgehead atoms. The second-order valence-electron chi connectivity index (χ2n) is 13.8. The second-order valence-corrected chi connectivity index (χ2v) is 14.8. The van der Waals surface area contributed by atoms with Crippen LogP contribution in [0.25, 0.3) is 120 Å². The van der Waals surface area contributed by atoms with Crippen molar-refractivity contribution in [1.82, 2.24) is 15.0 Å². The van der Waals surface area contributed by atoms with Gasteiger partial charge >= 0.3 is 0 Å². The van der Waals surface area contributed by atoms with Gasteiger partial charge in [-0.2, -0.15) is 0 Å². The third kappa shape index (κ3) is 4.75. The Labute approximate surface area is 333 Å². The average molecular weight is 738 g/mol. The molecule has 0 unspecified atom stereocenters. The fourth-order valence-electron chi connectivity index (χ4n) is 8.08. The van der Waals surface area contributed by atoms with Gasteiger partial charge in [-0.05, 0) is 67.7 Å². The van der Waals surface area contributed by atoms with E-state index in [2.05, 4.69) is 36.4 Å². The first-order valence-corrected chi connectivity index (χ1v) is 19.1. The van der Waals surface area contributed by atoms with Crippen LogP contribution < -0.4 is 0 Å². The van der Waals surface area contributed by atoms with E-state index >= 15 is 0 Å². The van der Waals surface area contributed by atoms with Crippen molar-refractivity contribution < 1.29 is 12.6 Å². The van der Waals surface area contributed by atoms with Gasteiger partial charge in [0.05, 0.1) is 8.22 Å². The maximum Gasteiger partial charge on any atom is 0.164 e. The Kier molecular flexibility index (Phi) is 5.59. The number of thiophene rings is 1. The van der Waals surface area contributed by atoms with E-state index in [1.807, 2.05) is 103 Å². The molecule has 12 aromatic rings. The normalized spacial score (nSPS) is 13.4. The molecule has 56 heavy (non-hydrogen) atoms. The third-order valence-corrected chi connectivity index (χ3v) is 11.8. The predicted octanol–water partition coefficient (Wildman–Crippen LogP) is 14.3. The van der Waals surface area contributed by atoms with E-state index in [-0.39, 0.29) is 58.4 Å². The van der Waals surface area contributed by atoms with Gasteiger partial charge in [0.25, 0.3) is 0 Å². The van der Waals surface area contributed by atoms with Gasteiger partial charge in [0.15, 0.2) is 17.5 Å². The highest BCUT2D eigenvalue weighted by Gasteiger charge is 2.19. The zero-order valence-electron chi connectivity index (χ0n) is 35.4. The van der Waals surface area contributed by atoms with Crippen LogP contribution in [-0.2, 0) is 0 Å².